The van der Waals surface area contributed by atoms with Crippen LogP contribution in [0, 0.1) is 0 Å². The molecular weight excluding hydrogens is 384 g/mol. The number of allylic oxidation sites excluding steroid dienone is 1. The largest absolute Gasteiger partial charge is 0.380 e. The van der Waals surface area contributed by atoms with Gasteiger partial charge < -0.3 is 15.3 Å². The summed E-state index contributed by atoms with van der Waals surface area (Å²) in [4.78, 5) is 2.36. The van der Waals surface area contributed by atoms with Crippen molar-refractivity contribution < 1.29 is 13.9 Å². The maximum absolute atomic E-state index is 13.6. The average Bonchev–Trinajstić information content (AvgIpc) is 3.38. The lowest BCUT2D eigenvalue weighted by atomic mass is 10.0. The van der Waals surface area contributed by atoms with Crippen molar-refractivity contribution >= 4 is 5.69 Å². The molecule has 0 radical (unpaired) electrons. The van der Waals surface area contributed by atoms with Crippen LogP contribution in [0.5, 0.6) is 0 Å². The van der Waals surface area contributed by atoms with Crippen molar-refractivity contribution in [1.29, 1.82) is 0 Å². The topological polar surface area (TPSA) is 35.5 Å². The smallest absolute Gasteiger partial charge is 0.270 e. The molecule has 0 aromatic heterocycles. The van der Waals surface area contributed by atoms with Gasteiger partial charge in [0.2, 0.25) is 0 Å². The highest BCUT2D eigenvalue weighted by molar-refractivity contribution is 5.71. The van der Waals surface area contributed by atoms with E-state index in [1.807, 2.05) is 27.7 Å². The third-order valence-electron chi connectivity index (χ3n) is 5.62. The number of piperazine rings is 1. The molecule has 2 N–H and O–H groups in total. The third kappa shape index (κ3) is 4.46. The number of quaternary nitrogens is 1. The molecule has 2 saturated heterocycles. The highest BCUT2D eigenvalue weighted by Gasteiger charge is 2.64. The number of hydrogen-bond donors (Lipinski definition) is 2. The van der Waals surface area contributed by atoms with E-state index in [4.69, 9.17) is 0 Å². The minimum atomic E-state index is -2.85. The molecule has 30 heavy (non-hydrogen) atoms. The Morgan fingerprint density at radius 3 is 1.97 bits per heavy atom. The van der Waals surface area contributed by atoms with Crippen molar-refractivity contribution in [2.45, 2.75) is 60.0 Å². The molecule has 6 heteroatoms. The van der Waals surface area contributed by atoms with Gasteiger partial charge in [0.1, 0.15) is 17.0 Å². The van der Waals surface area contributed by atoms with Crippen molar-refractivity contribution in [2.75, 3.05) is 32.7 Å². The molecule has 0 aliphatic carbocycles. The van der Waals surface area contributed by atoms with E-state index in [0.717, 1.165) is 51.0 Å². The maximum Gasteiger partial charge on any atom is 0.270 e. The lowest BCUT2D eigenvalue weighted by molar-refractivity contribution is 0.0174. The molecule has 4 rings (SSSR count). The molecule has 0 amide bonds. The summed E-state index contributed by atoms with van der Waals surface area (Å²) in [7, 11) is 0. The van der Waals surface area contributed by atoms with Crippen LogP contribution >= 0.6 is 0 Å². The number of nitrogens with zero attached hydrogens (tertiary/aromatic N) is 2. The van der Waals surface area contributed by atoms with Gasteiger partial charge in [0.05, 0.1) is 0 Å². The molecule has 1 aromatic rings. The zero-order valence-corrected chi connectivity index (χ0v) is 19.5. The van der Waals surface area contributed by atoms with Crippen molar-refractivity contribution in [1.82, 2.24) is 14.7 Å². The van der Waals surface area contributed by atoms with Gasteiger partial charge in [0.15, 0.2) is 17.9 Å². The van der Waals surface area contributed by atoms with Gasteiger partial charge in [-0.2, -0.15) is 0 Å². The summed E-state index contributed by atoms with van der Waals surface area (Å²) in [6.07, 6.45) is 2.10. The second-order valence-electron chi connectivity index (χ2n) is 8.06. The van der Waals surface area contributed by atoms with Gasteiger partial charge in [-0.05, 0) is 26.0 Å². The van der Waals surface area contributed by atoms with E-state index < -0.39 is 11.5 Å². The fourth-order valence-corrected chi connectivity index (χ4v) is 4.24. The first kappa shape index (κ1) is 24.5. The number of alkyl halides is 2. The molecule has 0 bridgehead atoms. The van der Waals surface area contributed by atoms with E-state index in [1.165, 1.54) is 23.5 Å². The molecule has 3 heterocycles. The Morgan fingerprint density at radius 2 is 1.50 bits per heavy atom. The van der Waals surface area contributed by atoms with Crippen LogP contribution < -0.4 is 9.80 Å². The summed E-state index contributed by atoms with van der Waals surface area (Å²) in [5, 5.41) is 14.1. The second-order valence-corrected chi connectivity index (χ2v) is 8.06. The molecule has 0 saturated carbocycles. The summed E-state index contributed by atoms with van der Waals surface area (Å²) in [6, 6.07) is 6.56. The number of benzene rings is 1. The molecular formula is C24H38F2N3O+. The minimum absolute atomic E-state index is 0.0159. The zero-order chi connectivity index (χ0) is 22.7. The number of nitrogens with one attached hydrogen (secondary N) is 1. The second kappa shape index (κ2) is 9.16. The van der Waals surface area contributed by atoms with Crippen LogP contribution in [-0.4, -0.2) is 48.3 Å². The number of hydrogen-bond acceptors (Lipinski definition) is 3. The third-order valence-corrected chi connectivity index (χ3v) is 5.62. The van der Waals surface area contributed by atoms with E-state index in [1.54, 1.807) is 26.0 Å². The summed E-state index contributed by atoms with van der Waals surface area (Å²) in [5.41, 5.74) is 3.32. The molecule has 1 aromatic carbocycles. The van der Waals surface area contributed by atoms with Gasteiger partial charge in [0.25, 0.3) is 5.92 Å². The van der Waals surface area contributed by atoms with Gasteiger partial charge in [-0.25, -0.2) is 13.3 Å². The number of rotatable bonds is 4. The Morgan fingerprint density at radius 1 is 0.967 bits per heavy atom. The maximum atomic E-state index is 13.6. The Hall–Kier alpha value is -1.76. The van der Waals surface area contributed by atoms with Crippen LogP contribution in [-0.2, 0) is 5.92 Å². The number of aliphatic hydroxyl groups is 1. The molecule has 168 valence electrons. The first-order chi connectivity index (χ1) is 14.1. The van der Waals surface area contributed by atoms with E-state index in [0.29, 0.717) is 4.48 Å². The summed E-state index contributed by atoms with van der Waals surface area (Å²) in [6.45, 7) is 17.1. The number of halogens is 2. The Bertz CT molecular complexity index is 782. The molecule has 1 unspecified atom stereocenters. The van der Waals surface area contributed by atoms with Crippen molar-refractivity contribution in [2.24, 2.45) is 0 Å². The predicted octanol–water partition coefficient (Wildman–Crippen LogP) is 4.96. The van der Waals surface area contributed by atoms with Gasteiger partial charge in [0, 0.05) is 56.9 Å². The van der Waals surface area contributed by atoms with Crippen molar-refractivity contribution in [3.05, 3.63) is 53.0 Å². The Kier molecular flexibility index (Phi) is 7.49. The standard InChI is InChI=1S/C20H26F2N3O.2C2H6/c1-19(2,26)18-12-16(24-10-8-23-9-11-24)17-13-25(17,18)15-6-4-14(5-7-15)20(3,21)22;2*1-2/h4-7,12,23,26H,8-11,13H2,1-3H3;2*1-2H3/q+1;;. The van der Waals surface area contributed by atoms with Crippen LogP contribution in [0.25, 0.3) is 0 Å². The van der Waals surface area contributed by atoms with Gasteiger partial charge in [-0.15, -0.1) is 0 Å². The first-order valence-electron chi connectivity index (χ1n) is 11.2. The quantitative estimate of drug-likeness (QED) is 0.532. The first-order valence-corrected chi connectivity index (χ1v) is 11.2. The summed E-state index contributed by atoms with van der Waals surface area (Å²) < 4.78 is 27.6. The van der Waals surface area contributed by atoms with Crippen LogP contribution in [0.1, 0.15) is 54.0 Å². The lowest BCUT2D eigenvalue weighted by Crippen LogP contribution is -2.42. The monoisotopic (exact) mass is 422 g/mol. The molecule has 4 nitrogen and oxygen atoms in total. The van der Waals surface area contributed by atoms with Gasteiger partial charge in [-0.1, -0.05) is 27.7 Å². The Labute approximate surface area is 180 Å². The van der Waals surface area contributed by atoms with E-state index >= 15 is 0 Å². The fraction of sp³-hybridized carbons (Fsp3) is 0.583. The molecule has 3 aliphatic heterocycles. The van der Waals surface area contributed by atoms with Crippen LogP contribution in [0.15, 0.2) is 47.4 Å². The Balaban J connectivity index is 0.000000757. The summed E-state index contributed by atoms with van der Waals surface area (Å²) in [5.74, 6) is -2.85. The van der Waals surface area contributed by atoms with Gasteiger partial charge >= 0.3 is 0 Å². The lowest BCUT2D eigenvalue weighted by Gasteiger charge is -2.28. The SMILES string of the molecule is CC.CC.CC(C)(O)C1=CC(N2CCNCC2)=C2C[N+]12c1ccc(C(C)(F)F)cc1. The van der Waals surface area contributed by atoms with Crippen LogP contribution in [0.2, 0.25) is 0 Å². The van der Waals surface area contributed by atoms with E-state index in [2.05, 4.69) is 16.3 Å². The van der Waals surface area contributed by atoms with Crippen LogP contribution in [0.3, 0.4) is 0 Å². The minimum Gasteiger partial charge on any atom is -0.380 e. The van der Waals surface area contributed by atoms with Crippen molar-refractivity contribution in [3.63, 3.8) is 0 Å². The average molecular weight is 423 g/mol. The van der Waals surface area contributed by atoms with Gasteiger partial charge in [-0.3, -0.25) is 0 Å². The predicted molar refractivity (Wildman–Crippen MR) is 121 cm³/mol. The zero-order valence-electron chi connectivity index (χ0n) is 19.5. The molecule has 3 aliphatic rings. The molecule has 0 spiro atoms. The normalized spacial score (nSPS) is 23.0. The molecule has 2 fully saturated rings. The summed E-state index contributed by atoms with van der Waals surface area (Å²) >= 11 is 0. The van der Waals surface area contributed by atoms with E-state index in [-0.39, 0.29) is 5.56 Å². The highest BCUT2D eigenvalue weighted by atomic mass is 19.3. The highest BCUT2D eigenvalue weighted by Crippen LogP contribution is 2.56. The van der Waals surface area contributed by atoms with Crippen molar-refractivity contribution in [3.8, 4) is 0 Å². The molecule has 1 atom stereocenters. The van der Waals surface area contributed by atoms with E-state index in [9.17, 15) is 13.9 Å². The number of fused-ring (bicyclic) bond motifs is 1. The fourth-order valence-electron chi connectivity index (χ4n) is 4.24. The van der Waals surface area contributed by atoms with Crippen LogP contribution in [0.4, 0.5) is 14.5 Å².